The van der Waals surface area contributed by atoms with Crippen molar-refractivity contribution >= 4 is 46.3 Å². The molecule has 0 spiro atoms. The molecular formula is C22H21Cl2FN4OS. The summed E-state index contributed by atoms with van der Waals surface area (Å²) < 4.78 is 14.2. The summed E-state index contributed by atoms with van der Waals surface area (Å²) in [5, 5.41) is 6.58. The molecule has 2 amide bonds. The molecule has 162 valence electrons. The molecule has 1 aromatic carbocycles. The topological polar surface area (TPSA) is 57.3 Å². The zero-order chi connectivity index (χ0) is 21.8. The van der Waals surface area contributed by atoms with Crippen molar-refractivity contribution < 1.29 is 9.18 Å². The van der Waals surface area contributed by atoms with Crippen LogP contribution in [0.3, 0.4) is 0 Å². The van der Waals surface area contributed by atoms with Crippen molar-refractivity contribution in [1.82, 2.24) is 15.2 Å². The summed E-state index contributed by atoms with van der Waals surface area (Å²) in [6.07, 6.45) is 3.65. The normalized spacial score (nSPS) is 19.2. The van der Waals surface area contributed by atoms with Gasteiger partial charge in [0.2, 0.25) is 0 Å². The number of amides is 2. The van der Waals surface area contributed by atoms with Gasteiger partial charge in [0, 0.05) is 53.4 Å². The van der Waals surface area contributed by atoms with Gasteiger partial charge in [0.15, 0.2) is 0 Å². The van der Waals surface area contributed by atoms with Crippen LogP contribution in [0.15, 0.2) is 54.9 Å². The number of carbonyl (C=O) groups excluding carboxylic acids is 1. The fourth-order valence-electron chi connectivity index (χ4n) is 3.82. The van der Waals surface area contributed by atoms with E-state index in [0.29, 0.717) is 21.6 Å². The third kappa shape index (κ3) is 5.95. The van der Waals surface area contributed by atoms with Crippen molar-refractivity contribution in [2.45, 2.75) is 24.9 Å². The number of pyridine rings is 1. The van der Waals surface area contributed by atoms with Gasteiger partial charge in [0.25, 0.3) is 0 Å². The molecule has 3 heterocycles. The molecular weight excluding hydrogens is 458 g/mol. The molecule has 1 fully saturated rings. The number of carbonyl (C=O) groups is 1. The minimum Gasteiger partial charge on any atom is -0.334 e. The molecule has 4 rings (SSSR count). The van der Waals surface area contributed by atoms with Gasteiger partial charge in [-0.15, -0.1) is 11.3 Å². The minimum absolute atomic E-state index is 0.0519. The number of hydrogen-bond acceptors (Lipinski definition) is 4. The van der Waals surface area contributed by atoms with Crippen LogP contribution >= 0.6 is 34.5 Å². The molecule has 0 aliphatic carbocycles. The smallest absolute Gasteiger partial charge is 0.319 e. The van der Waals surface area contributed by atoms with Gasteiger partial charge in [-0.2, -0.15) is 0 Å². The monoisotopic (exact) mass is 478 g/mol. The molecule has 2 atom stereocenters. The van der Waals surface area contributed by atoms with Gasteiger partial charge in [-0.05, 0) is 54.4 Å². The standard InChI is InChI=1S/C22H21Cl2FN4OS/c23-15-1-3-17(4-2-15)27-22(30)28-19-7-8-29(12-14-9-16(25)11-26-10-14)13-18(19)20-5-6-21(24)31-20/h1-6,9-11,18-19H,7-8,12-13H2,(H2,27,28,30). The lowest BCUT2D eigenvalue weighted by molar-refractivity contribution is 0.169. The molecule has 2 unspecified atom stereocenters. The number of halogens is 3. The molecule has 2 aromatic heterocycles. The fourth-order valence-corrected chi connectivity index (χ4v) is 5.16. The predicted octanol–water partition coefficient (Wildman–Crippen LogP) is 5.77. The number of nitrogens with one attached hydrogen (secondary N) is 2. The number of likely N-dealkylation sites (tertiary alicyclic amines) is 1. The van der Waals surface area contributed by atoms with Gasteiger partial charge in [0.1, 0.15) is 5.82 Å². The molecule has 9 heteroatoms. The average molecular weight is 479 g/mol. The number of urea groups is 1. The number of hydrogen-bond donors (Lipinski definition) is 2. The second kappa shape index (κ2) is 9.96. The largest absolute Gasteiger partial charge is 0.334 e. The summed E-state index contributed by atoms with van der Waals surface area (Å²) in [5.74, 6) is -0.266. The number of aromatic nitrogens is 1. The van der Waals surface area contributed by atoms with Gasteiger partial charge in [-0.25, -0.2) is 9.18 Å². The molecule has 31 heavy (non-hydrogen) atoms. The summed E-state index contributed by atoms with van der Waals surface area (Å²) in [4.78, 5) is 19.9. The number of benzene rings is 1. The van der Waals surface area contributed by atoms with Crippen molar-refractivity contribution in [3.05, 3.63) is 80.5 Å². The highest BCUT2D eigenvalue weighted by Crippen LogP contribution is 2.34. The van der Waals surface area contributed by atoms with Crippen LogP contribution in [0.5, 0.6) is 0 Å². The van der Waals surface area contributed by atoms with E-state index in [4.69, 9.17) is 23.2 Å². The Hall–Kier alpha value is -2.19. The predicted molar refractivity (Wildman–Crippen MR) is 124 cm³/mol. The highest BCUT2D eigenvalue weighted by molar-refractivity contribution is 7.16. The van der Waals surface area contributed by atoms with E-state index in [9.17, 15) is 9.18 Å². The average Bonchev–Trinajstić information content (AvgIpc) is 3.17. The Balaban J connectivity index is 1.45. The summed E-state index contributed by atoms with van der Waals surface area (Å²) >= 11 is 13.6. The number of thiophene rings is 1. The Kier molecular flexibility index (Phi) is 7.07. The van der Waals surface area contributed by atoms with Gasteiger partial charge >= 0.3 is 6.03 Å². The Labute approximate surface area is 194 Å². The Morgan fingerprint density at radius 3 is 2.71 bits per heavy atom. The summed E-state index contributed by atoms with van der Waals surface area (Å²) in [7, 11) is 0. The van der Waals surface area contributed by atoms with Gasteiger partial charge in [-0.3, -0.25) is 9.88 Å². The molecule has 0 bridgehead atoms. The zero-order valence-corrected chi connectivity index (χ0v) is 18.9. The van der Waals surface area contributed by atoms with Crippen molar-refractivity contribution in [1.29, 1.82) is 0 Å². The van der Waals surface area contributed by atoms with Crippen LogP contribution in [0.1, 0.15) is 22.8 Å². The van der Waals surface area contributed by atoms with E-state index in [1.165, 1.54) is 23.6 Å². The van der Waals surface area contributed by atoms with E-state index in [-0.39, 0.29) is 23.8 Å². The van der Waals surface area contributed by atoms with Crippen LogP contribution in [0.2, 0.25) is 9.36 Å². The number of rotatable bonds is 5. The lowest BCUT2D eigenvalue weighted by Crippen LogP contribution is -2.50. The second-order valence-electron chi connectivity index (χ2n) is 7.50. The lowest BCUT2D eigenvalue weighted by Gasteiger charge is -2.38. The van der Waals surface area contributed by atoms with Crippen molar-refractivity contribution in [3.63, 3.8) is 0 Å². The third-order valence-corrected chi connectivity index (χ3v) is 6.86. The molecule has 0 radical (unpaired) electrons. The van der Waals surface area contributed by atoms with Crippen molar-refractivity contribution in [3.8, 4) is 0 Å². The third-order valence-electron chi connectivity index (χ3n) is 5.24. The first-order valence-electron chi connectivity index (χ1n) is 9.86. The van der Waals surface area contributed by atoms with Crippen LogP contribution in [0, 0.1) is 5.82 Å². The highest BCUT2D eigenvalue weighted by Gasteiger charge is 2.32. The molecule has 3 aromatic rings. The van der Waals surface area contributed by atoms with E-state index < -0.39 is 0 Å². The minimum atomic E-state index is -0.338. The number of nitrogens with zero attached hydrogens (tertiary/aromatic N) is 2. The Bertz CT molecular complexity index is 1050. The first-order chi connectivity index (χ1) is 15.0. The van der Waals surface area contributed by atoms with Gasteiger partial charge in [-0.1, -0.05) is 23.2 Å². The number of anilines is 1. The molecule has 5 nitrogen and oxygen atoms in total. The Morgan fingerprint density at radius 2 is 2.00 bits per heavy atom. The van der Waals surface area contributed by atoms with E-state index in [1.807, 2.05) is 12.1 Å². The van der Waals surface area contributed by atoms with E-state index in [1.54, 1.807) is 30.5 Å². The fraction of sp³-hybridized carbons (Fsp3) is 0.273. The first-order valence-corrected chi connectivity index (χ1v) is 11.4. The van der Waals surface area contributed by atoms with Crippen LogP contribution < -0.4 is 10.6 Å². The summed E-state index contributed by atoms with van der Waals surface area (Å²) in [5.41, 5.74) is 1.50. The van der Waals surface area contributed by atoms with E-state index in [2.05, 4.69) is 20.5 Å². The van der Waals surface area contributed by atoms with Crippen LogP contribution in [-0.4, -0.2) is 35.0 Å². The zero-order valence-electron chi connectivity index (χ0n) is 16.5. The summed E-state index contributed by atoms with van der Waals surface area (Å²) in [6.45, 7) is 2.10. The highest BCUT2D eigenvalue weighted by atomic mass is 35.5. The Morgan fingerprint density at radius 1 is 1.19 bits per heavy atom. The maximum atomic E-state index is 13.5. The van der Waals surface area contributed by atoms with Crippen molar-refractivity contribution in [2.24, 2.45) is 0 Å². The molecule has 1 aliphatic heterocycles. The first kappa shape index (κ1) is 22.0. The maximum absolute atomic E-state index is 13.5. The quantitative estimate of drug-likeness (QED) is 0.489. The van der Waals surface area contributed by atoms with Crippen LogP contribution in [0.4, 0.5) is 14.9 Å². The van der Waals surface area contributed by atoms with Gasteiger partial charge in [0.05, 0.1) is 10.5 Å². The van der Waals surface area contributed by atoms with E-state index in [0.717, 1.165) is 30.0 Å². The SMILES string of the molecule is O=C(Nc1ccc(Cl)cc1)NC1CCN(Cc2cncc(F)c2)CC1c1ccc(Cl)s1. The van der Waals surface area contributed by atoms with Crippen LogP contribution in [0.25, 0.3) is 0 Å². The number of piperidine rings is 1. The molecule has 2 N–H and O–H groups in total. The maximum Gasteiger partial charge on any atom is 0.319 e. The second-order valence-corrected chi connectivity index (χ2v) is 9.68. The van der Waals surface area contributed by atoms with Crippen LogP contribution in [-0.2, 0) is 6.54 Å². The van der Waals surface area contributed by atoms with E-state index >= 15 is 0 Å². The van der Waals surface area contributed by atoms with Crippen molar-refractivity contribution in [2.75, 3.05) is 18.4 Å². The summed E-state index contributed by atoms with van der Waals surface area (Å²) in [6, 6.07) is 12.1. The molecule has 1 aliphatic rings. The lowest BCUT2D eigenvalue weighted by atomic mass is 9.90. The van der Waals surface area contributed by atoms with Gasteiger partial charge < -0.3 is 10.6 Å². The molecule has 1 saturated heterocycles. The molecule has 0 saturated carbocycles.